The second-order valence-corrected chi connectivity index (χ2v) is 4.41. The Hall–Kier alpha value is -3.00. The van der Waals surface area contributed by atoms with E-state index < -0.39 is 0 Å². The molecule has 0 saturated carbocycles. The molecule has 0 fully saturated rings. The minimum absolute atomic E-state index is 0.200. The van der Waals surface area contributed by atoms with Crippen LogP contribution in [0.1, 0.15) is 15.9 Å². The van der Waals surface area contributed by atoms with Gasteiger partial charge in [0, 0.05) is 12.6 Å². The molecular formula is C16H15N3O2. The molecule has 0 aliphatic carbocycles. The Balaban J connectivity index is 2.16. The summed E-state index contributed by atoms with van der Waals surface area (Å²) >= 11 is 0. The third-order valence-electron chi connectivity index (χ3n) is 2.93. The summed E-state index contributed by atoms with van der Waals surface area (Å²) in [7, 11) is 1.56. The maximum absolute atomic E-state index is 11.5. The minimum atomic E-state index is -0.200. The second-order valence-electron chi connectivity index (χ2n) is 4.41. The van der Waals surface area contributed by atoms with Gasteiger partial charge in [0.05, 0.1) is 18.2 Å². The number of amides is 1. The molecule has 2 rings (SSSR count). The molecule has 5 nitrogen and oxygen atoms in total. The van der Waals surface area contributed by atoms with Gasteiger partial charge in [0.25, 0.3) is 5.91 Å². The lowest BCUT2D eigenvalue weighted by molar-refractivity contribution is 0.0963. The van der Waals surface area contributed by atoms with E-state index in [0.29, 0.717) is 29.2 Å². The highest BCUT2D eigenvalue weighted by Gasteiger charge is 2.08. The standard InChI is InChI=1S/C16H15N3O2/c1-19-16(20)12-4-7-15(14(18)10-12)21-13-5-2-11(3-6-13)8-9-17/h2-7,10H,8,18H2,1H3,(H,19,20). The normalized spacial score (nSPS) is 9.71. The van der Waals surface area contributed by atoms with Crippen molar-refractivity contribution in [3.05, 3.63) is 53.6 Å². The monoisotopic (exact) mass is 281 g/mol. The molecule has 3 N–H and O–H groups in total. The first-order valence-corrected chi connectivity index (χ1v) is 6.39. The van der Waals surface area contributed by atoms with Crippen LogP contribution < -0.4 is 15.8 Å². The Labute approximate surface area is 123 Å². The second kappa shape index (κ2) is 6.44. The van der Waals surface area contributed by atoms with Crippen molar-refractivity contribution in [1.82, 2.24) is 5.32 Å². The topological polar surface area (TPSA) is 88.1 Å². The van der Waals surface area contributed by atoms with Crippen molar-refractivity contribution in [2.75, 3.05) is 12.8 Å². The minimum Gasteiger partial charge on any atom is -0.455 e. The number of benzene rings is 2. The highest BCUT2D eigenvalue weighted by molar-refractivity contribution is 5.95. The van der Waals surface area contributed by atoms with E-state index in [9.17, 15) is 4.79 Å². The van der Waals surface area contributed by atoms with Gasteiger partial charge < -0.3 is 15.8 Å². The van der Waals surface area contributed by atoms with E-state index in [1.165, 1.54) is 0 Å². The van der Waals surface area contributed by atoms with E-state index in [2.05, 4.69) is 11.4 Å². The number of nitrogens with zero attached hydrogens (tertiary/aromatic N) is 1. The molecule has 0 saturated heterocycles. The van der Waals surface area contributed by atoms with Gasteiger partial charge in [-0.1, -0.05) is 12.1 Å². The van der Waals surface area contributed by atoms with Crippen molar-refractivity contribution < 1.29 is 9.53 Å². The van der Waals surface area contributed by atoms with Crippen LogP contribution in [0.4, 0.5) is 5.69 Å². The summed E-state index contributed by atoms with van der Waals surface area (Å²) in [4.78, 5) is 11.5. The molecule has 2 aromatic rings. The van der Waals surface area contributed by atoms with Crippen LogP contribution in [0.3, 0.4) is 0 Å². The fourth-order valence-electron chi connectivity index (χ4n) is 1.82. The molecule has 0 spiro atoms. The first-order valence-electron chi connectivity index (χ1n) is 6.39. The number of carbonyl (C=O) groups excluding carboxylic acids is 1. The number of carbonyl (C=O) groups is 1. The van der Waals surface area contributed by atoms with Crippen LogP contribution in [0, 0.1) is 11.3 Å². The predicted molar refractivity (Wildman–Crippen MR) is 80.1 cm³/mol. The predicted octanol–water partition coefficient (Wildman–Crippen LogP) is 2.49. The summed E-state index contributed by atoms with van der Waals surface area (Å²) in [6.07, 6.45) is 0.364. The molecule has 0 aromatic heterocycles. The molecule has 0 radical (unpaired) electrons. The van der Waals surface area contributed by atoms with Gasteiger partial charge in [0.15, 0.2) is 0 Å². The average molecular weight is 281 g/mol. The number of nitrogens with two attached hydrogens (primary N) is 1. The van der Waals surface area contributed by atoms with E-state index in [4.69, 9.17) is 15.7 Å². The molecule has 0 aliphatic heterocycles. The number of nitriles is 1. The van der Waals surface area contributed by atoms with Crippen molar-refractivity contribution in [2.45, 2.75) is 6.42 Å². The Bertz CT molecular complexity index is 688. The maximum atomic E-state index is 11.5. The van der Waals surface area contributed by atoms with Crippen molar-refractivity contribution in [1.29, 1.82) is 5.26 Å². The Morgan fingerprint density at radius 1 is 1.29 bits per heavy atom. The van der Waals surface area contributed by atoms with Gasteiger partial charge in [-0.05, 0) is 35.9 Å². The Kier molecular flexibility index (Phi) is 4.42. The van der Waals surface area contributed by atoms with Crippen LogP contribution in [0.15, 0.2) is 42.5 Å². The molecular weight excluding hydrogens is 266 g/mol. The fourth-order valence-corrected chi connectivity index (χ4v) is 1.82. The van der Waals surface area contributed by atoms with Crippen LogP contribution in [-0.4, -0.2) is 13.0 Å². The third-order valence-corrected chi connectivity index (χ3v) is 2.93. The van der Waals surface area contributed by atoms with E-state index in [1.807, 2.05) is 12.1 Å². The van der Waals surface area contributed by atoms with Gasteiger partial charge in [-0.25, -0.2) is 0 Å². The van der Waals surface area contributed by atoms with Gasteiger partial charge in [-0.2, -0.15) is 5.26 Å². The van der Waals surface area contributed by atoms with Crippen LogP contribution in [0.2, 0.25) is 0 Å². The molecule has 0 unspecified atom stereocenters. The summed E-state index contributed by atoms with van der Waals surface area (Å²) in [6.45, 7) is 0. The molecule has 0 bridgehead atoms. The van der Waals surface area contributed by atoms with E-state index in [-0.39, 0.29) is 5.91 Å². The number of nitrogen functional groups attached to an aromatic ring is 1. The number of hydrogen-bond acceptors (Lipinski definition) is 4. The first-order chi connectivity index (χ1) is 10.1. The maximum Gasteiger partial charge on any atom is 0.251 e. The number of hydrogen-bond donors (Lipinski definition) is 2. The van der Waals surface area contributed by atoms with Gasteiger partial charge in [-0.3, -0.25) is 4.79 Å². The molecule has 106 valence electrons. The van der Waals surface area contributed by atoms with Crippen LogP contribution >= 0.6 is 0 Å². The summed E-state index contributed by atoms with van der Waals surface area (Å²) in [5.74, 6) is 0.904. The fraction of sp³-hybridized carbons (Fsp3) is 0.125. The smallest absolute Gasteiger partial charge is 0.251 e. The highest BCUT2D eigenvalue weighted by Crippen LogP contribution is 2.28. The van der Waals surface area contributed by atoms with Gasteiger partial charge >= 0.3 is 0 Å². The average Bonchev–Trinajstić information content (AvgIpc) is 2.50. The lowest BCUT2D eigenvalue weighted by Gasteiger charge is -2.10. The summed E-state index contributed by atoms with van der Waals surface area (Å²) in [5, 5.41) is 11.2. The van der Waals surface area contributed by atoms with Gasteiger partial charge in [-0.15, -0.1) is 0 Å². The zero-order valence-electron chi connectivity index (χ0n) is 11.6. The van der Waals surface area contributed by atoms with E-state index in [0.717, 1.165) is 5.56 Å². The van der Waals surface area contributed by atoms with Crippen molar-refractivity contribution >= 4 is 11.6 Å². The lowest BCUT2D eigenvalue weighted by Crippen LogP contribution is -2.17. The highest BCUT2D eigenvalue weighted by atomic mass is 16.5. The van der Waals surface area contributed by atoms with Crippen molar-refractivity contribution in [2.24, 2.45) is 0 Å². The zero-order valence-corrected chi connectivity index (χ0v) is 11.6. The quantitative estimate of drug-likeness (QED) is 0.843. The van der Waals surface area contributed by atoms with Crippen LogP contribution in [0.25, 0.3) is 0 Å². The van der Waals surface area contributed by atoms with Crippen molar-refractivity contribution in [3.63, 3.8) is 0 Å². The van der Waals surface area contributed by atoms with Gasteiger partial charge in [0.2, 0.25) is 0 Å². The summed E-state index contributed by atoms with van der Waals surface area (Å²) < 4.78 is 5.67. The molecule has 2 aromatic carbocycles. The summed E-state index contributed by atoms with van der Waals surface area (Å²) in [6, 6.07) is 14.2. The number of anilines is 1. The van der Waals surface area contributed by atoms with Crippen LogP contribution in [-0.2, 0) is 6.42 Å². The van der Waals surface area contributed by atoms with Gasteiger partial charge in [0.1, 0.15) is 11.5 Å². The zero-order chi connectivity index (χ0) is 15.2. The molecule has 1 amide bonds. The lowest BCUT2D eigenvalue weighted by atomic mass is 10.1. The largest absolute Gasteiger partial charge is 0.455 e. The van der Waals surface area contributed by atoms with Crippen molar-refractivity contribution in [3.8, 4) is 17.6 Å². The first kappa shape index (κ1) is 14.4. The molecule has 0 aliphatic rings. The van der Waals surface area contributed by atoms with E-state index >= 15 is 0 Å². The molecule has 21 heavy (non-hydrogen) atoms. The third kappa shape index (κ3) is 3.51. The number of rotatable bonds is 4. The Morgan fingerprint density at radius 3 is 2.57 bits per heavy atom. The SMILES string of the molecule is CNC(=O)c1ccc(Oc2ccc(CC#N)cc2)c(N)c1. The molecule has 0 atom stereocenters. The van der Waals surface area contributed by atoms with E-state index in [1.54, 1.807) is 37.4 Å². The molecule has 0 heterocycles. The Morgan fingerprint density at radius 2 is 2.00 bits per heavy atom. The number of nitrogens with one attached hydrogen (secondary N) is 1. The summed E-state index contributed by atoms with van der Waals surface area (Å²) in [5.41, 5.74) is 7.68. The number of ether oxygens (including phenoxy) is 1. The molecule has 5 heteroatoms. The van der Waals surface area contributed by atoms with Crippen LogP contribution in [0.5, 0.6) is 11.5 Å².